The molecule has 1 aromatic heterocycles. The molecule has 14 heavy (non-hydrogen) atoms. The monoisotopic (exact) mass is 203 g/mol. The maximum atomic E-state index is 13.0. The van der Waals surface area contributed by atoms with Gasteiger partial charge in [0.1, 0.15) is 0 Å². The lowest BCUT2D eigenvalue weighted by atomic mass is 10.4. The highest BCUT2D eigenvalue weighted by Gasteiger charge is 2.08. The molecule has 0 spiro atoms. The van der Waals surface area contributed by atoms with E-state index in [9.17, 15) is 8.78 Å². The fourth-order valence-corrected chi connectivity index (χ4v) is 0.891. The predicted molar refractivity (Wildman–Crippen MR) is 48.8 cm³/mol. The highest BCUT2D eigenvalue weighted by molar-refractivity contribution is 5.44. The van der Waals surface area contributed by atoms with Crippen molar-refractivity contribution in [2.75, 3.05) is 24.2 Å². The number of halogens is 2. The highest BCUT2D eigenvalue weighted by atomic mass is 19.1. The summed E-state index contributed by atoms with van der Waals surface area (Å²) in [5.74, 6) is -2.12. The van der Waals surface area contributed by atoms with Crippen LogP contribution in [0, 0.1) is 11.6 Å². The number of nitrogens with zero attached hydrogens (tertiary/aromatic N) is 1. The predicted octanol–water partition coefficient (Wildman–Crippen LogP) is 0.736. The lowest BCUT2D eigenvalue weighted by Crippen LogP contribution is -2.09. The normalized spacial score (nSPS) is 10.2. The van der Waals surface area contributed by atoms with Crippen LogP contribution in [-0.2, 0) is 0 Å². The van der Waals surface area contributed by atoms with Gasteiger partial charge in [-0.15, -0.1) is 0 Å². The molecule has 4 nitrogen and oxygen atoms in total. The van der Waals surface area contributed by atoms with Crippen molar-refractivity contribution in [2.45, 2.75) is 6.42 Å². The van der Waals surface area contributed by atoms with Gasteiger partial charge in [0.25, 0.3) is 0 Å². The number of aliphatic hydroxyl groups is 1. The van der Waals surface area contributed by atoms with Crippen molar-refractivity contribution < 1.29 is 13.9 Å². The lowest BCUT2D eigenvalue weighted by Gasteiger charge is -2.06. The first-order chi connectivity index (χ1) is 6.65. The molecule has 0 aliphatic heterocycles. The Labute approximate surface area is 79.8 Å². The first-order valence-electron chi connectivity index (χ1n) is 4.11. The van der Waals surface area contributed by atoms with Gasteiger partial charge >= 0.3 is 0 Å². The molecule has 0 unspecified atom stereocenters. The van der Waals surface area contributed by atoms with Crippen LogP contribution >= 0.6 is 0 Å². The Balaban J connectivity index is 2.72. The summed E-state index contributed by atoms with van der Waals surface area (Å²) in [4.78, 5) is 3.48. The zero-order valence-corrected chi connectivity index (χ0v) is 7.43. The van der Waals surface area contributed by atoms with Crippen molar-refractivity contribution in [1.82, 2.24) is 4.98 Å². The van der Waals surface area contributed by atoms with Crippen LogP contribution in [0.3, 0.4) is 0 Å². The van der Waals surface area contributed by atoms with Gasteiger partial charge in [-0.25, -0.2) is 13.8 Å². The fraction of sp³-hybridized carbons (Fsp3) is 0.375. The van der Waals surface area contributed by atoms with E-state index in [0.717, 1.165) is 0 Å². The Bertz CT molecular complexity index is 320. The number of pyridine rings is 1. The number of rotatable bonds is 4. The van der Waals surface area contributed by atoms with E-state index in [1.165, 1.54) is 0 Å². The van der Waals surface area contributed by atoms with Crippen molar-refractivity contribution >= 4 is 11.6 Å². The minimum atomic E-state index is -0.879. The van der Waals surface area contributed by atoms with Gasteiger partial charge in [0.15, 0.2) is 23.3 Å². The zero-order chi connectivity index (χ0) is 10.6. The number of nitrogens with two attached hydrogens (primary N) is 1. The Morgan fingerprint density at radius 3 is 2.79 bits per heavy atom. The summed E-state index contributed by atoms with van der Waals surface area (Å²) >= 11 is 0. The maximum absolute atomic E-state index is 13.0. The second-order valence-electron chi connectivity index (χ2n) is 2.69. The van der Waals surface area contributed by atoms with Crippen LogP contribution in [0.4, 0.5) is 20.4 Å². The van der Waals surface area contributed by atoms with Crippen LogP contribution < -0.4 is 11.1 Å². The number of hydrogen-bond acceptors (Lipinski definition) is 4. The first-order valence-corrected chi connectivity index (χ1v) is 4.11. The van der Waals surface area contributed by atoms with Crippen LogP contribution in [0.25, 0.3) is 0 Å². The standard InChI is InChI=1S/C8H11F2N3O/c9-5-4-6(10)8(13-7(5)11)12-2-1-3-14/h4,14H,1-3H2,(H3,11,12,13). The molecule has 78 valence electrons. The molecule has 0 saturated heterocycles. The van der Waals surface area contributed by atoms with Crippen LogP contribution in [0.2, 0.25) is 0 Å². The van der Waals surface area contributed by atoms with Gasteiger partial charge in [-0.3, -0.25) is 0 Å². The minimum Gasteiger partial charge on any atom is -0.396 e. The maximum Gasteiger partial charge on any atom is 0.168 e. The third-order valence-corrected chi connectivity index (χ3v) is 1.58. The van der Waals surface area contributed by atoms with E-state index in [0.29, 0.717) is 19.0 Å². The summed E-state index contributed by atoms with van der Waals surface area (Å²) in [7, 11) is 0. The van der Waals surface area contributed by atoms with Crippen LogP contribution in [0.15, 0.2) is 6.07 Å². The molecule has 0 amide bonds. The quantitative estimate of drug-likeness (QED) is 0.631. The van der Waals surface area contributed by atoms with Gasteiger partial charge in [0.05, 0.1) is 0 Å². The summed E-state index contributed by atoms with van der Waals surface area (Å²) in [6.45, 7) is 0.344. The van der Waals surface area contributed by atoms with E-state index in [2.05, 4.69) is 10.3 Å². The molecular formula is C8H11F2N3O. The molecule has 0 aliphatic rings. The Kier molecular flexibility index (Phi) is 3.58. The van der Waals surface area contributed by atoms with E-state index in [1.54, 1.807) is 0 Å². The molecule has 4 N–H and O–H groups in total. The smallest absolute Gasteiger partial charge is 0.168 e. The molecule has 1 rings (SSSR count). The van der Waals surface area contributed by atoms with Crippen molar-refractivity contribution in [3.05, 3.63) is 17.7 Å². The molecular weight excluding hydrogens is 192 g/mol. The van der Waals surface area contributed by atoms with Gasteiger partial charge < -0.3 is 16.2 Å². The highest BCUT2D eigenvalue weighted by Crippen LogP contribution is 2.16. The summed E-state index contributed by atoms with van der Waals surface area (Å²) in [5.41, 5.74) is 5.15. The summed E-state index contributed by atoms with van der Waals surface area (Å²) < 4.78 is 25.6. The molecule has 0 aliphatic carbocycles. The van der Waals surface area contributed by atoms with E-state index in [1.807, 2.05) is 0 Å². The molecule has 0 aromatic carbocycles. The van der Waals surface area contributed by atoms with E-state index in [-0.39, 0.29) is 18.2 Å². The van der Waals surface area contributed by atoms with E-state index < -0.39 is 11.6 Å². The number of anilines is 2. The summed E-state index contributed by atoms with van der Waals surface area (Å²) in [6, 6.07) is 0.670. The number of hydrogen-bond donors (Lipinski definition) is 3. The molecule has 0 atom stereocenters. The average Bonchev–Trinajstić information content (AvgIpc) is 2.14. The van der Waals surface area contributed by atoms with Gasteiger partial charge in [-0.2, -0.15) is 0 Å². The molecule has 1 heterocycles. The van der Waals surface area contributed by atoms with Gasteiger partial charge in [-0.05, 0) is 6.42 Å². The second kappa shape index (κ2) is 4.71. The average molecular weight is 203 g/mol. The third kappa shape index (κ3) is 2.53. The summed E-state index contributed by atoms with van der Waals surface area (Å²) in [5, 5.41) is 11.1. The molecule has 0 fully saturated rings. The minimum absolute atomic E-state index is 0.00864. The molecule has 1 aromatic rings. The molecule has 0 saturated carbocycles. The van der Waals surface area contributed by atoms with Gasteiger partial charge in [0, 0.05) is 19.2 Å². The SMILES string of the molecule is Nc1nc(NCCCO)c(F)cc1F. The van der Waals surface area contributed by atoms with E-state index in [4.69, 9.17) is 10.8 Å². The number of nitrogens with one attached hydrogen (secondary N) is 1. The molecule has 0 radical (unpaired) electrons. The number of aliphatic hydroxyl groups excluding tert-OH is 1. The topological polar surface area (TPSA) is 71.2 Å². The second-order valence-corrected chi connectivity index (χ2v) is 2.69. The Hall–Kier alpha value is -1.43. The van der Waals surface area contributed by atoms with E-state index >= 15 is 0 Å². The fourth-order valence-electron chi connectivity index (χ4n) is 0.891. The van der Waals surface area contributed by atoms with Crippen LogP contribution in [0.5, 0.6) is 0 Å². The Morgan fingerprint density at radius 1 is 1.43 bits per heavy atom. The first kappa shape index (κ1) is 10.6. The van der Waals surface area contributed by atoms with Crippen molar-refractivity contribution in [3.63, 3.8) is 0 Å². The number of aromatic nitrogens is 1. The van der Waals surface area contributed by atoms with Crippen LogP contribution in [-0.4, -0.2) is 23.2 Å². The lowest BCUT2D eigenvalue weighted by molar-refractivity contribution is 0.292. The van der Waals surface area contributed by atoms with Crippen LogP contribution in [0.1, 0.15) is 6.42 Å². The van der Waals surface area contributed by atoms with Gasteiger partial charge in [-0.1, -0.05) is 0 Å². The Morgan fingerprint density at radius 2 is 2.14 bits per heavy atom. The number of nitrogen functional groups attached to an aromatic ring is 1. The summed E-state index contributed by atoms with van der Waals surface area (Å²) in [6.07, 6.45) is 0.457. The van der Waals surface area contributed by atoms with Gasteiger partial charge in [0.2, 0.25) is 0 Å². The molecule has 6 heteroatoms. The van der Waals surface area contributed by atoms with Crippen molar-refractivity contribution in [1.29, 1.82) is 0 Å². The third-order valence-electron chi connectivity index (χ3n) is 1.58. The molecule has 0 bridgehead atoms. The van der Waals surface area contributed by atoms with Crippen molar-refractivity contribution in [2.24, 2.45) is 0 Å². The van der Waals surface area contributed by atoms with Crippen molar-refractivity contribution in [3.8, 4) is 0 Å². The zero-order valence-electron chi connectivity index (χ0n) is 7.43. The largest absolute Gasteiger partial charge is 0.396 e.